The zero-order valence-electron chi connectivity index (χ0n) is 16.4. The molecular weight excluding hydrogens is 330 g/mol. The Kier molecular flexibility index (Phi) is 5.46. The molecule has 0 aromatic carbocycles. The molecule has 7 heteroatoms. The number of hydrogen-bond donors (Lipinski definition) is 0. The van der Waals surface area contributed by atoms with E-state index in [2.05, 4.69) is 28.1 Å². The number of amides is 1. The monoisotopic (exact) mass is 359 g/mol. The van der Waals surface area contributed by atoms with E-state index in [0.717, 1.165) is 55.6 Å². The highest BCUT2D eigenvalue weighted by atomic mass is 16.5. The SMILES string of the molecule is Cc1cc(C)n(C(C)CC(=O)N2CCN(Cc3c(C)noc3C)CC2)n1. The van der Waals surface area contributed by atoms with E-state index in [4.69, 9.17) is 4.52 Å². The maximum atomic E-state index is 12.7. The highest BCUT2D eigenvalue weighted by molar-refractivity contribution is 5.76. The van der Waals surface area contributed by atoms with Crippen LogP contribution in [-0.2, 0) is 11.3 Å². The van der Waals surface area contributed by atoms with Crippen LogP contribution in [0.5, 0.6) is 0 Å². The van der Waals surface area contributed by atoms with E-state index in [1.165, 1.54) is 5.56 Å². The van der Waals surface area contributed by atoms with E-state index in [1.807, 2.05) is 37.3 Å². The molecule has 1 aliphatic rings. The maximum absolute atomic E-state index is 12.7. The van der Waals surface area contributed by atoms with Gasteiger partial charge in [0.25, 0.3) is 0 Å². The van der Waals surface area contributed by atoms with Gasteiger partial charge in [0.1, 0.15) is 5.76 Å². The van der Waals surface area contributed by atoms with Gasteiger partial charge in [0.05, 0.1) is 17.4 Å². The third kappa shape index (κ3) is 3.98. The van der Waals surface area contributed by atoms with Crippen molar-refractivity contribution in [3.05, 3.63) is 34.5 Å². The Morgan fingerprint density at radius 2 is 1.88 bits per heavy atom. The van der Waals surface area contributed by atoms with Gasteiger partial charge in [-0.2, -0.15) is 5.10 Å². The van der Waals surface area contributed by atoms with Gasteiger partial charge in [0.15, 0.2) is 0 Å². The zero-order valence-corrected chi connectivity index (χ0v) is 16.4. The predicted octanol–water partition coefficient (Wildman–Crippen LogP) is 2.40. The molecule has 1 amide bonds. The Morgan fingerprint density at radius 3 is 2.42 bits per heavy atom. The summed E-state index contributed by atoms with van der Waals surface area (Å²) in [4.78, 5) is 17.0. The van der Waals surface area contributed by atoms with Crippen LogP contribution < -0.4 is 0 Å². The standard InChI is InChI=1S/C19H29N5O2/c1-13-10-14(2)24(20-13)15(3)11-19(25)23-8-6-22(7-9-23)12-18-16(4)21-26-17(18)5/h10,15H,6-9,11-12H2,1-5H3. The Bertz CT molecular complexity index is 751. The third-order valence-electron chi connectivity index (χ3n) is 5.22. The molecule has 2 aromatic heterocycles. The Morgan fingerprint density at radius 1 is 1.19 bits per heavy atom. The van der Waals surface area contributed by atoms with Crippen LogP contribution in [0.1, 0.15) is 47.8 Å². The summed E-state index contributed by atoms with van der Waals surface area (Å²) < 4.78 is 7.20. The number of carbonyl (C=O) groups is 1. The first kappa shape index (κ1) is 18.6. The topological polar surface area (TPSA) is 67.4 Å². The fourth-order valence-corrected chi connectivity index (χ4v) is 3.67. The number of rotatable bonds is 5. The van der Waals surface area contributed by atoms with E-state index in [-0.39, 0.29) is 11.9 Å². The largest absolute Gasteiger partial charge is 0.361 e. The maximum Gasteiger partial charge on any atom is 0.224 e. The van der Waals surface area contributed by atoms with Crippen molar-refractivity contribution in [1.29, 1.82) is 0 Å². The van der Waals surface area contributed by atoms with E-state index in [0.29, 0.717) is 6.42 Å². The number of hydrogen-bond acceptors (Lipinski definition) is 5. The smallest absolute Gasteiger partial charge is 0.224 e. The molecule has 1 atom stereocenters. The lowest BCUT2D eigenvalue weighted by Crippen LogP contribution is -2.48. The quantitative estimate of drug-likeness (QED) is 0.820. The molecule has 1 fully saturated rings. The summed E-state index contributed by atoms with van der Waals surface area (Å²) in [7, 11) is 0. The zero-order chi connectivity index (χ0) is 18.8. The second-order valence-corrected chi connectivity index (χ2v) is 7.38. The predicted molar refractivity (Wildman–Crippen MR) is 98.9 cm³/mol. The van der Waals surface area contributed by atoms with Crippen molar-refractivity contribution in [3.63, 3.8) is 0 Å². The van der Waals surface area contributed by atoms with E-state index in [1.54, 1.807) is 0 Å². The molecule has 3 heterocycles. The summed E-state index contributed by atoms with van der Waals surface area (Å²) in [5, 5.41) is 8.52. The van der Waals surface area contributed by atoms with Crippen LogP contribution in [0.3, 0.4) is 0 Å². The highest BCUT2D eigenvalue weighted by Crippen LogP contribution is 2.18. The van der Waals surface area contributed by atoms with Crippen molar-refractivity contribution in [3.8, 4) is 0 Å². The molecule has 7 nitrogen and oxygen atoms in total. The van der Waals surface area contributed by atoms with Gasteiger partial charge in [0.2, 0.25) is 5.91 Å². The van der Waals surface area contributed by atoms with Crippen molar-refractivity contribution < 1.29 is 9.32 Å². The molecule has 0 radical (unpaired) electrons. The molecule has 0 spiro atoms. The van der Waals surface area contributed by atoms with Crippen LogP contribution in [0, 0.1) is 27.7 Å². The van der Waals surface area contributed by atoms with Crippen molar-refractivity contribution in [2.45, 2.75) is 53.6 Å². The molecule has 2 aromatic rings. The number of nitrogens with zero attached hydrogens (tertiary/aromatic N) is 5. The van der Waals surface area contributed by atoms with Crippen molar-refractivity contribution in [1.82, 2.24) is 24.7 Å². The van der Waals surface area contributed by atoms with Gasteiger partial charge in [-0.15, -0.1) is 0 Å². The van der Waals surface area contributed by atoms with Gasteiger partial charge in [-0.25, -0.2) is 0 Å². The molecule has 26 heavy (non-hydrogen) atoms. The lowest BCUT2D eigenvalue weighted by molar-refractivity contribution is -0.133. The number of piperazine rings is 1. The summed E-state index contributed by atoms with van der Waals surface area (Å²) in [5.41, 5.74) is 4.23. The number of aryl methyl sites for hydroxylation is 4. The van der Waals surface area contributed by atoms with Gasteiger partial charge in [0, 0.05) is 50.4 Å². The van der Waals surface area contributed by atoms with Crippen LogP contribution in [0.4, 0.5) is 0 Å². The first-order valence-corrected chi connectivity index (χ1v) is 9.29. The Labute approximate surface area is 154 Å². The van der Waals surface area contributed by atoms with Crippen LogP contribution in [0.25, 0.3) is 0 Å². The van der Waals surface area contributed by atoms with Gasteiger partial charge in [-0.3, -0.25) is 14.4 Å². The summed E-state index contributed by atoms with van der Waals surface area (Å²) in [6, 6.07) is 2.13. The average molecular weight is 359 g/mol. The van der Waals surface area contributed by atoms with Crippen LogP contribution >= 0.6 is 0 Å². The molecular formula is C19H29N5O2. The fraction of sp³-hybridized carbons (Fsp3) is 0.632. The average Bonchev–Trinajstić information content (AvgIpc) is 3.11. The van der Waals surface area contributed by atoms with Crippen LogP contribution in [-0.4, -0.2) is 56.8 Å². The lowest BCUT2D eigenvalue weighted by atomic mass is 10.1. The van der Waals surface area contributed by atoms with Crippen molar-refractivity contribution >= 4 is 5.91 Å². The van der Waals surface area contributed by atoms with Crippen molar-refractivity contribution in [2.24, 2.45) is 0 Å². The van der Waals surface area contributed by atoms with E-state index >= 15 is 0 Å². The normalized spacial score (nSPS) is 16.9. The summed E-state index contributed by atoms with van der Waals surface area (Å²) in [5.74, 6) is 1.10. The molecule has 142 valence electrons. The minimum atomic E-state index is 0.0801. The van der Waals surface area contributed by atoms with Gasteiger partial charge in [-0.1, -0.05) is 5.16 Å². The second kappa shape index (κ2) is 7.61. The highest BCUT2D eigenvalue weighted by Gasteiger charge is 2.24. The minimum absolute atomic E-state index is 0.0801. The Hall–Kier alpha value is -2.15. The molecule has 1 aliphatic heterocycles. The van der Waals surface area contributed by atoms with Crippen LogP contribution in [0.2, 0.25) is 0 Å². The number of aromatic nitrogens is 3. The minimum Gasteiger partial charge on any atom is -0.361 e. The molecule has 1 saturated heterocycles. The van der Waals surface area contributed by atoms with E-state index < -0.39 is 0 Å². The van der Waals surface area contributed by atoms with Gasteiger partial charge >= 0.3 is 0 Å². The first-order valence-electron chi connectivity index (χ1n) is 9.29. The molecule has 0 N–H and O–H groups in total. The molecule has 0 bridgehead atoms. The fourth-order valence-electron chi connectivity index (χ4n) is 3.67. The Balaban J connectivity index is 1.51. The van der Waals surface area contributed by atoms with Gasteiger partial charge < -0.3 is 9.42 Å². The summed E-state index contributed by atoms with van der Waals surface area (Å²) >= 11 is 0. The molecule has 1 unspecified atom stereocenters. The molecule has 0 aliphatic carbocycles. The first-order chi connectivity index (χ1) is 12.3. The summed E-state index contributed by atoms with van der Waals surface area (Å²) in [6.07, 6.45) is 0.492. The number of carbonyl (C=O) groups excluding carboxylic acids is 1. The lowest BCUT2D eigenvalue weighted by Gasteiger charge is -2.35. The summed E-state index contributed by atoms with van der Waals surface area (Å²) in [6.45, 7) is 14.1. The van der Waals surface area contributed by atoms with Crippen LogP contribution in [0.15, 0.2) is 10.6 Å². The third-order valence-corrected chi connectivity index (χ3v) is 5.22. The molecule has 0 saturated carbocycles. The molecule has 3 rings (SSSR count). The van der Waals surface area contributed by atoms with Gasteiger partial charge in [-0.05, 0) is 40.7 Å². The van der Waals surface area contributed by atoms with Crippen molar-refractivity contribution in [2.75, 3.05) is 26.2 Å². The van der Waals surface area contributed by atoms with E-state index in [9.17, 15) is 4.79 Å². The second-order valence-electron chi connectivity index (χ2n) is 7.38.